The van der Waals surface area contributed by atoms with Crippen LogP contribution in [0.25, 0.3) is 22.2 Å². The molecule has 1 saturated carbocycles. The molecule has 0 atom stereocenters. The molecule has 0 spiro atoms. The fourth-order valence-electron chi connectivity index (χ4n) is 7.23. The second kappa shape index (κ2) is 11.6. The van der Waals surface area contributed by atoms with E-state index in [1.54, 1.807) is 13.0 Å². The molecule has 3 heterocycles. The number of anilines is 1. The molecule has 208 valence electrons. The predicted molar refractivity (Wildman–Crippen MR) is 159 cm³/mol. The smallest absolute Gasteiger partial charge is 0.335 e. The summed E-state index contributed by atoms with van der Waals surface area (Å²) in [6.45, 7) is 6.19. The van der Waals surface area contributed by atoms with Crippen LogP contribution >= 0.6 is 12.4 Å². The van der Waals surface area contributed by atoms with Crippen molar-refractivity contribution in [2.75, 3.05) is 31.1 Å². The summed E-state index contributed by atoms with van der Waals surface area (Å²) < 4.78 is 2.43. The molecule has 39 heavy (non-hydrogen) atoms. The number of aromatic nitrogens is 1. The Morgan fingerprint density at radius 2 is 1.67 bits per heavy atom. The van der Waals surface area contributed by atoms with Crippen LogP contribution in [0.5, 0.6) is 0 Å². The average Bonchev–Trinajstić information content (AvgIpc) is 3.17. The molecule has 3 aliphatic rings. The zero-order chi connectivity index (χ0) is 26.2. The summed E-state index contributed by atoms with van der Waals surface area (Å²) in [5.41, 5.74) is 6.74. The monoisotopic (exact) mass is 549 g/mol. The molecular formula is C32H40ClN3O3. The van der Waals surface area contributed by atoms with E-state index in [1.165, 1.54) is 60.0 Å². The van der Waals surface area contributed by atoms with Gasteiger partial charge in [0.25, 0.3) is 0 Å². The first-order valence-corrected chi connectivity index (χ1v) is 14.5. The molecule has 1 amide bonds. The number of hydrogen-bond donors (Lipinski definition) is 1. The SMILES string of the molecule is CC(=O)N1CCC(CCN2CCn3c(c(C4CCCCC4)c4ccc(C(=O)O)cc43)-c3ccccc32)CC1.Cl. The molecule has 0 unspecified atom stereocenters. The van der Waals surface area contributed by atoms with E-state index < -0.39 is 5.97 Å². The van der Waals surface area contributed by atoms with E-state index in [0.29, 0.717) is 17.4 Å². The number of nitrogens with zero attached hydrogens (tertiary/aromatic N) is 3. The fourth-order valence-corrected chi connectivity index (χ4v) is 7.23. The standard InChI is InChI=1S/C32H39N3O3.ClH/c1-22(36)33-16-13-23(14-17-33)15-18-34-19-20-35-29-21-25(32(37)38)11-12-26(29)30(24-7-3-2-4-8-24)31(35)27-9-5-6-10-28(27)34;/h5-6,9-12,21,23-24H,2-4,7-8,13-20H2,1H3,(H,37,38);1H. The van der Waals surface area contributed by atoms with Gasteiger partial charge in [0.05, 0.1) is 11.3 Å². The highest BCUT2D eigenvalue weighted by Crippen LogP contribution is 2.47. The van der Waals surface area contributed by atoms with Gasteiger partial charge in [0, 0.05) is 61.8 Å². The second-order valence-electron chi connectivity index (χ2n) is 11.5. The highest BCUT2D eigenvalue weighted by molar-refractivity contribution is 5.99. The van der Waals surface area contributed by atoms with E-state index in [0.717, 1.165) is 57.5 Å². The van der Waals surface area contributed by atoms with Gasteiger partial charge in [0.1, 0.15) is 0 Å². The lowest BCUT2D eigenvalue weighted by Crippen LogP contribution is -2.38. The van der Waals surface area contributed by atoms with E-state index in [1.807, 2.05) is 11.0 Å². The first-order chi connectivity index (χ1) is 18.5. The van der Waals surface area contributed by atoms with Gasteiger partial charge < -0.3 is 19.5 Å². The third kappa shape index (κ3) is 5.28. The molecule has 6 rings (SSSR count). The van der Waals surface area contributed by atoms with Gasteiger partial charge in [-0.1, -0.05) is 43.5 Å². The van der Waals surface area contributed by atoms with Crippen molar-refractivity contribution in [2.45, 2.75) is 70.8 Å². The maximum atomic E-state index is 11.9. The minimum Gasteiger partial charge on any atom is -0.478 e. The third-order valence-electron chi connectivity index (χ3n) is 9.32. The maximum absolute atomic E-state index is 11.9. The normalized spacial score (nSPS) is 18.3. The second-order valence-corrected chi connectivity index (χ2v) is 11.5. The molecule has 2 aromatic carbocycles. The number of carboxylic acids is 1. The van der Waals surface area contributed by atoms with Gasteiger partial charge in [0.15, 0.2) is 0 Å². The number of rotatable bonds is 5. The van der Waals surface area contributed by atoms with Crippen LogP contribution in [-0.4, -0.2) is 52.6 Å². The minimum atomic E-state index is -0.867. The van der Waals surface area contributed by atoms with Gasteiger partial charge in [0.2, 0.25) is 5.91 Å². The van der Waals surface area contributed by atoms with Crippen molar-refractivity contribution in [2.24, 2.45) is 5.92 Å². The predicted octanol–water partition coefficient (Wildman–Crippen LogP) is 6.94. The van der Waals surface area contributed by atoms with Crippen LogP contribution in [0, 0.1) is 5.92 Å². The number of carbonyl (C=O) groups is 2. The van der Waals surface area contributed by atoms with Crippen LogP contribution in [0.3, 0.4) is 0 Å². The van der Waals surface area contributed by atoms with Crippen molar-refractivity contribution in [3.8, 4) is 11.3 Å². The Kier molecular flexibility index (Phi) is 8.22. The molecule has 3 aromatic rings. The number of likely N-dealkylation sites (tertiary alicyclic amines) is 1. The number of fused-ring (bicyclic) bond motifs is 5. The van der Waals surface area contributed by atoms with Crippen LogP contribution in [0.4, 0.5) is 5.69 Å². The topological polar surface area (TPSA) is 65.8 Å². The van der Waals surface area contributed by atoms with E-state index >= 15 is 0 Å². The number of piperidine rings is 1. The molecular weight excluding hydrogens is 510 g/mol. The Labute approximate surface area is 237 Å². The molecule has 1 N–H and O–H groups in total. The van der Waals surface area contributed by atoms with Crippen molar-refractivity contribution >= 4 is 40.9 Å². The molecule has 1 aliphatic carbocycles. The molecule has 0 radical (unpaired) electrons. The Morgan fingerprint density at radius 3 is 2.38 bits per heavy atom. The molecule has 2 fully saturated rings. The van der Waals surface area contributed by atoms with Gasteiger partial charge in [-0.05, 0) is 67.7 Å². The van der Waals surface area contributed by atoms with Crippen LogP contribution in [0.2, 0.25) is 0 Å². The zero-order valence-corrected chi connectivity index (χ0v) is 23.7. The van der Waals surface area contributed by atoms with Crippen LogP contribution in [0.1, 0.15) is 80.1 Å². The summed E-state index contributed by atoms with van der Waals surface area (Å²) in [4.78, 5) is 28.2. The largest absolute Gasteiger partial charge is 0.478 e. The Bertz CT molecular complexity index is 1350. The Hall–Kier alpha value is -2.99. The summed E-state index contributed by atoms with van der Waals surface area (Å²) in [5.74, 6) is 0.493. The average molecular weight is 550 g/mol. The number of carboxylic acid groups (broad SMARTS) is 1. The Morgan fingerprint density at radius 1 is 0.923 bits per heavy atom. The third-order valence-corrected chi connectivity index (χ3v) is 9.32. The summed E-state index contributed by atoms with van der Waals surface area (Å²) in [6.07, 6.45) is 9.56. The van der Waals surface area contributed by atoms with Crippen molar-refractivity contribution in [3.63, 3.8) is 0 Å². The molecule has 1 saturated heterocycles. The van der Waals surface area contributed by atoms with Crippen molar-refractivity contribution in [1.29, 1.82) is 0 Å². The van der Waals surface area contributed by atoms with Crippen molar-refractivity contribution in [1.82, 2.24) is 9.47 Å². The van der Waals surface area contributed by atoms with Crippen LogP contribution in [0.15, 0.2) is 42.5 Å². The zero-order valence-electron chi connectivity index (χ0n) is 22.9. The quantitative estimate of drug-likeness (QED) is 0.374. The van der Waals surface area contributed by atoms with Gasteiger partial charge in [-0.2, -0.15) is 0 Å². The van der Waals surface area contributed by atoms with E-state index in [-0.39, 0.29) is 18.3 Å². The molecule has 6 nitrogen and oxygen atoms in total. The highest BCUT2D eigenvalue weighted by atomic mass is 35.5. The summed E-state index contributed by atoms with van der Waals surface area (Å²) in [5, 5.41) is 11.0. The Balaban J connectivity index is 0.00000308. The lowest BCUT2D eigenvalue weighted by Gasteiger charge is -2.33. The lowest BCUT2D eigenvalue weighted by atomic mass is 9.81. The summed E-state index contributed by atoms with van der Waals surface area (Å²) in [6, 6.07) is 14.6. The van der Waals surface area contributed by atoms with Crippen LogP contribution < -0.4 is 4.90 Å². The van der Waals surface area contributed by atoms with Crippen molar-refractivity contribution in [3.05, 3.63) is 53.6 Å². The number of hydrogen-bond acceptors (Lipinski definition) is 3. The molecule has 2 aliphatic heterocycles. The molecule has 7 heteroatoms. The maximum Gasteiger partial charge on any atom is 0.335 e. The highest BCUT2D eigenvalue weighted by Gasteiger charge is 2.31. The molecule has 1 aromatic heterocycles. The van der Waals surface area contributed by atoms with E-state index in [2.05, 4.69) is 39.8 Å². The van der Waals surface area contributed by atoms with E-state index in [4.69, 9.17) is 0 Å². The summed E-state index contributed by atoms with van der Waals surface area (Å²) >= 11 is 0. The number of halogens is 1. The van der Waals surface area contributed by atoms with Gasteiger partial charge in [-0.25, -0.2) is 4.79 Å². The lowest BCUT2D eigenvalue weighted by molar-refractivity contribution is -0.130. The number of aromatic carboxylic acids is 1. The number of amides is 1. The van der Waals surface area contributed by atoms with Gasteiger partial charge in [-0.15, -0.1) is 12.4 Å². The fraction of sp³-hybridized carbons (Fsp3) is 0.500. The number of carbonyl (C=O) groups excluding carboxylic acids is 1. The van der Waals surface area contributed by atoms with E-state index in [9.17, 15) is 14.7 Å². The summed E-state index contributed by atoms with van der Waals surface area (Å²) in [7, 11) is 0. The number of para-hydroxylation sites is 1. The van der Waals surface area contributed by atoms with Gasteiger partial charge >= 0.3 is 5.97 Å². The minimum absolute atomic E-state index is 0. The number of benzene rings is 2. The molecule has 0 bridgehead atoms. The first kappa shape index (κ1) is 27.6. The van der Waals surface area contributed by atoms with Gasteiger partial charge in [-0.3, -0.25) is 4.79 Å². The van der Waals surface area contributed by atoms with Crippen molar-refractivity contribution < 1.29 is 14.7 Å². The van der Waals surface area contributed by atoms with Crippen LogP contribution in [-0.2, 0) is 11.3 Å². The first-order valence-electron chi connectivity index (χ1n) is 14.5.